The van der Waals surface area contributed by atoms with Gasteiger partial charge in [0.15, 0.2) is 0 Å². The van der Waals surface area contributed by atoms with Crippen molar-refractivity contribution in [3.8, 4) is 0 Å². The second kappa shape index (κ2) is 8.10. The van der Waals surface area contributed by atoms with Gasteiger partial charge in [0, 0.05) is 23.9 Å². The number of hydrogen-bond donors (Lipinski definition) is 3. The van der Waals surface area contributed by atoms with Crippen LogP contribution in [0.3, 0.4) is 0 Å². The third kappa shape index (κ3) is 3.39. The smallest absolute Gasteiger partial charge is 0.325 e. The van der Waals surface area contributed by atoms with Gasteiger partial charge in [-0.1, -0.05) is 24.3 Å². The van der Waals surface area contributed by atoms with Crippen LogP contribution in [0.4, 0.5) is 0 Å². The van der Waals surface area contributed by atoms with Gasteiger partial charge < -0.3 is 10.2 Å². The SMILES string of the molecule is Cc1ccccc1C1NC(CC(=O)O)(C(=O)O)C2C(=O)N(CCc3scnc3C)C(=O)C12. The summed E-state index contributed by atoms with van der Waals surface area (Å²) in [4.78, 5) is 57.1. The lowest BCUT2D eigenvalue weighted by Crippen LogP contribution is -2.57. The van der Waals surface area contributed by atoms with Crippen molar-refractivity contribution >= 4 is 35.1 Å². The van der Waals surface area contributed by atoms with E-state index in [1.807, 2.05) is 26.0 Å². The van der Waals surface area contributed by atoms with E-state index in [4.69, 9.17) is 0 Å². The molecule has 0 radical (unpaired) electrons. The number of thiazole rings is 1. The van der Waals surface area contributed by atoms with Crippen molar-refractivity contribution in [2.45, 2.75) is 38.3 Å². The molecule has 1 aromatic carbocycles. The number of carboxylic acids is 2. The number of hydrogen-bond acceptors (Lipinski definition) is 7. The van der Waals surface area contributed by atoms with Crippen molar-refractivity contribution in [3.05, 3.63) is 51.5 Å². The minimum atomic E-state index is -2.08. The number of nitrogens with zero attached hydrogens (tertiary/aromatic N) is 2. The number of aliphatic carboxylic acids is 2. The number of carbonyl (C=O) groups excluding carboxylic acids is 2. The van der Waals surface area contributed by atoms with Crippen LogP contribution < -0.4 is 5.32 Å². The van der Waals surface area contributed by atoms with Crippen molar-refractivity contribution in [1.82, 2.24) is 15.2 Å². The summed E-state index contributed by atoms with van der Waals surface area (Å²) in [5, 5.41) is 22.5. The van der Waals surface area contributed by atoms with Crippen molar-refractivity contribution in [2.75, 3.05) is 6.54 Å². The number of benzene rings is 1. The fraction of sp³-hybridized carbons (Fsp3) is 0.409. The van der Waals surface area contributed by atoms with Crippen LogP contribution in [0.15, 0.2) is 29.8 Å². The maximum Gasteiger partial charge on any atom is 0.325 e. The Morgan fingerprint density at radius 3 is 2.50 bits per heavy atom. The maximum atomic E-state index is 13.4. The largest absolute Gasteiger partial charge is 0.481 e. The molecule has 2 aliphatic rings. The normalized spacial score (nSPS) is 27.1. The summed E-state index contributed by atoms with van der Waals surface area (Å²) in [7, 11) is 0. The number of rotatable bonds is 7. The van der Waals surface area contributed by atoms with Gasteiger partial charge >= 0.3 is 11.9 Å². The second-order valence-electron chi connectivity index (χ2n) is 8.27. The molecular formula is C22H23N3O6S. The Morgan fingerprint density at radius 1 is 1.19 bits per heavy atom. The summed E-state index contributed by atoms with van der Waals surface area (Å²) in [6, 6.07) is 6.39. The van der Waals surface area contributed by atoms with Crippen molar-refractivity contribution in [2.24, 2.45) is 11.8 Å². The number of carboxylic acid groups (broad SMARTS) is 2. The highest BCUT2D eigenvalue weighted by Gasteiger charge is 2.69. The number of likely N-dealkylation sites (tertiary alicyclic amines) is 1. The molecule has 4 rings (SSSR count). The Balaban J connectivity index is 1.76. The summed E-state index contributed by atoms with van der Waals surface area (Å²) < 4.78 is 0. The Kier molecular flexibility index (Phi) is 5.59. The molecule has 10 heteroatoms. The molecule has 4 unspecified atom stereocenters. The molecule has 3 N–H and O–H groups in total. The van der Waals surface area contributed by atoms with Crippen molar-refractivity contribution in [1.29, 1.82) is 0 Å². The molecule has 0 aliphatic carbocycles. The van der Waals surface area contributed by atoms with Crippen LogP contribution in [0, 0.1) is 25.7 Å². The molecular weight excluding hydrogens is 434 g/mol. The summed E-state index contributed by atoms with van der Waals surface area (Å²) in [6.07, 6.45) is -0.401. The van der Waals surface area contributed by atoms with E-state index in [-0.39, 0.29) is 6.54 Å². The summed E-state index contributed by atoms with van der Waals surface area (Å²) >= 11 is 1.42. The zero-order valence-electron chi connectivity index (χ0n) is 17.6. The highest BCUT2D eigenvalue weighted by atomic mass is 32.1. The van der Waals surface area contributed by atoms with E-state index in [2.05, 4.69) is 10.3 Å². The Bertz CT molecular complexity index is 1110. The summed E-state index contributed by atoms with van der Waals surface area (Å²) in [6.45, 7) is 3.77. The average molecular weight is 458 g/mol. The van der Waals surface area contributed by atoms with Crippen LogP contribution in [0.1, 0.15) is 34.2 Å². The molecule has 4 atom stereocenters. The molecule has 9 nitrogen and oxygen atoms in total. The van der Waals surface area contributed by atoms with E-state index in [1.54, 1.807) is 17.6 Å². The van der Waals surface area contributed by atoms with E-state index in [0.717, 1.165) is 21.0 Å². The highest BCUT2D eigenvalue weighted by molar-refractivity contribution is 7.09. The van der Waals surface area contributed by atoms with Gasteiger partial charge in [0.1, 0.15) is 5.54 Å². The van der Waals surface area contributed by atoms with Gasteiger partial charge in [-0.15, -0.1) is 11.3 Å². The minimum Gasteiger partial charge on any atom is -0.481 e. The van der Waals surface area contributed by atoms with Gasteiger partial charge in [0.25, 0.3) is 0 Å². The van der Waals surface area contributed by atoms with Crippen LogP contribution in [-0.2, 0) is 25.6 Å². The lowest BCUT2D eigenvalue weighted by molar-refractivity contribution is -0.156. The van der Waals surface area contributed by atoms with E-state index in [1.165, 1.54) is 11.3 Å². The summed E-state index contributed by atoms with van der Waals surface area (Å²) in [5.74, 6) is -6.24. The first-order valence-corrected chi connectivity index (χ1v) is 11.1. The average Bonchev–Trinajstić information content (AvgIpc) is 3.36. The van der Waals surface area contributed by atoms with Gasteiger partial charge in [0.2, 0.25) is 11.8 Å². The first-order chi connectivity index (χ1) is 15.2. The van der Waals surface area contributed by atoms with E-state index < -0.39 is 53.6 Å². The molecule has 0 saturated carbocycles. The lowest BCUT2D eigenvalue weighted by atomic mass is 9.77. The zero-order chi connectivity index (χ0) is 23.2. The Hall–Kier alpha value is -3.11. The fourth-order valence-electron chi connectivity index (χ4n) is 4.94. The number of carbonyl (C=O) groups is 4. The number of imide groups is 1. The van der Waals surface area contributed by atoms with Gasteiger partial charge in [-0.2, -0.15) is 0 Å². The number of amides is 2. The zero-order valence-corrected chi connectivity index (χ0v) is 18.4. The number of aromatic nitrogens is 1. The highest BCUT2D eigenvalue weighted by Crippen LogP contribution is 2.50. The molecule has 168 valence electrons. The third-order valence-corrected chi connectivity index (χ3v) is 7.48. The van der Waals surface area contributed by atoms with Crippen LogP contribution in [0.5, 0.6) is 0 Å². The van der Waals surface area contributed by atoms with E-state index >= 15 is 0 Å². The Labute approximate surface area is 188 Å². The predicted octanol–water partition coefficient (Wildman–Crippen LogP) is 1.55. The molecule has 3 heterocycles. The van der Waals surface area contributed by atoms with Gasteiger partial charge in [0.05, 0.1) is 29.5 Å². The van der Waals surface area contributed by atoms with Crippen LogP contribution in [0.25, 0.3) is 0 Å². The van der Waals surface area contributed by atoms with Gasteiger partial charge in [-0.25, -0.2) is 4.98 Å². The fourth-order valence-corrected chi connectivity index (χ4v) is 5.71. The summed E-state index contributed by atoms with van der Waals surface area (Å²) in [5.41, 5.74) is 1.93. The second-order valence-corrected chi connectivity index (χ2v) is 9.21. The molecule has 2 aromatic rings. The van der Waals surface area contributed by atoms with E-state index in [0.29, 0.717) is 12.0 Å². The molecule has 2 saturated heterocycles. The first kappa shape index (κ1) is 22.1. The monoisotopic (exact) mass is 457 g/mol. The standard InChI is InChI=1S/C22H23N3O6S/c1-11-5-3-4-6-13(11)18-16-17(22(24-18,21(30)31)9-15(26)27)20(29)25(19(16)28)8-7-14-12(2)23-10-32-14/h3-6,10,16-18,24H,7-9H2,1-2H3,(H,26,27)(H,30,31). The van der Waals surface area contributed by atoms with Crippen LogP contribution in [0.2, 0.25) is 0 Å². The lowest BCUT2D eigenvalue weighted by Gasteiger charge is -2.30. The van der Waals surface area contributed by atoms with Crippen molar-refractivity contribution < 1.29 is 29.4 Å². The predicted molar refractivity (Wildman–Crippen MR) is 114 cm³/mol. The number of fused-ring (bicyclic) bond motifs is 1. The quantitative estimate of drug-likeness (QED) is 0.533. The van der Waals surface area contributed by atoms with Crippen LogP contribution >= 0.6 is 11.3 Å². The van der Waals surface area contributed by atoms with Crippen molar-refractivity contribution in [3.63, 3.8) is 0 Å². The Morgan fingerprint density at radius 2 is 1.91 bits per heavy atom. The molecule has 2 fully saturated rings. The van der Waals surface area contributed by atoms with Crippen LogP contribution in [-0.4, -0.2) is 55.9 Å². The molecule has 1 aromatic heterocycles. The third-order valence-electron chi connectivity index (χ3n) is 6.49. The minimum absolute atomic E-state index is 0.0942. The number of aryl methyl sites for hydroxylation is 2. The molecule has 32 heavy (non-hydrogen) atoms. The molecule has 2 amide bonds. The maximum absolute atomic E-state index is 13.4. The van der Waals surface area contributed by atoms with Gasteiger partial charge in [-0.3, -0.25) is 29.4 Å². The van der Waals surface area contributed by atoms with E-state index in [9.17, 15) is 29.4 Å². The molecule has 0 spiro atoms. The first-order valence-electron chi connectivity index (χ1n) is 10.2. The number of nitrogens with one attached hydrogen (secondary N) is 1. The van der Waals surface area contributed by atoms with Gasteiger partial charge in [-0.05, 0) is 25.0 Å². The molecule has 0 bridgehead atoms. The topological polar surface area (TPSA) is 137 Å². The molecule has 2 aliphatic heterocycles.